The van der Waals surface area contributed by atoms with Crippen LogP contribution in [0, 0.1) is 0 Å². The summed E-state index contributed by atoms with van der Waals surface area (Å²) in [7, 11) is 0. The van der Waals surface area contributed by atoms with Crippen molar-refractivity contribution in [2.24, 2.45) is 0 Å². The Morgan fingerprint density at radius 1 is 1.25 bits per heavy atom. The van der Waals surface area contributed by atoms with Crippen molar-refractivity contribution in [3.8, 4) is 0 Å². The molecule has 2 N–H and O–H groups in total. The molecule has 84 valence electrons. The molecule has 1 heterocycles. The Balaban J connectivity index is 1.89. The number of anilines is 1. The number of rotatable bonds is 5. The lowest BCUT2D eigenvalue weighted by Crippen LogP contribution is -2.00. The summed E-state index contributed by atoms with van der Waals surface area (Å²) in [6, 6.07) is 9.79. The van der Waals surface area contributed by atoms with Gasteiger partial charge in [0.05, 0.1) is 13.2 Å². The molecule has 0 bridgehead atoms. The van der Waals surface area contributed by atoms with Crippen LogP contribution in [0.25, 0.3) is 0 Å². The largest absolute Gasteiger partial charge is 0.396 e. The van der Waals surface area contributed by atoms with E-state index in [1.54, 1.807) is 0 Å². The van der Waals surface area contributed by atoms with Gasteiger partial charge in [0.2, 0.25) is 5.89 Å². The molecule has 16 heavy (non-hydrogen) atoms. The number of para-hydroxylation sites is 1. The van der Waals surface area contributed by atoms with Crippen molar-refractivity contribution in [3.05, 3.63) is 42.0 Å². The third-order valence-electron chi connectivity index (χ3n) is 2.06. The summed E-state index contributed by atoms with van der Waals surface area (Å²) >= 11 is 0. The van der Waals surface area contributed by atoms with Gasteiger partial charge in [0, 0.05) is 12.1 Å². The molecule has 0 atom stereocenters. The molecule has 2 aromatic rings. The van der Waals surface area contributed by atoms with Gasteiger partial charge in [-0.2, -0.15) is 4.98 Å². The Bertz CT molecular complexity index is 428. The second-order valence-corrected chi connectivity index (χ2v) is 3.30. The van der Waals surface area contributed by atoms with E-state index in [9.17, 15) is 0 Å². The third kappa shape index (κ3) is 2.80. The van der Waals surface area contributed by atoms with Crippen molar-refractivity contribution in [1.82, 2.24) is 10.1 Å². The molecule has 0 amide bonds. The van der Waals surface area contributed by atoms with Crippen molar-refractivity contribution < 1.29 is 9.63 Å². The molecule has 0 fully saturated rings. The number of nitrogens with one attached hydrogen (secondary N) is 1. The molecule has 0 aliphatic rings. The van der Waals surface area contributed by atoms with Crippen LogP contribution in [0.2, 0.25) is 0 Å². The first-order chi connectivity index (χ1) is 7.88. The normalized spacial score (nSPS) is 10.3. The van der Waals surface area contributed by atoms with Crippen molar-refractivity contribution in [1.29, 1.82) is 0 Å². The maximum atomic E-state index is 8.70. The summed E-state index contributed by atoms with van der Waals surface area (Å²) in [5, 5.41) is 15.6. The van der Waals surface area contributed by atoms with Crippen LogP contribution in [-0.2, 0) is 13.0 Å². The highest BCUT2D eigenvalue weighted by atomic mass is 16.5. The average Bonchev–Trinajstić information content (AvgIpc) is 2.76. The van der Waals surface area contributed by atoms with Crippen LogP contribution in [0.1, 0.15) is 11.7 Å². The second-order valence-electron chi connectivity index (χ2n) is 3.30. The van der Waals surface area contributed by atoms with Gasteiger partial charge in [-0.1, -0.05) is 23.4 Å². The lowest BCUT2D eigenvalue weighted by molar-refractivity contribution is 0.293. The number of benzene rings is 1. The van der Waals surface area contributed by atoms with Crippen molar-refractivity contribution >= 4 is 5.69 Å². The molecule has 0 saturated carbocycles. The van der Waals surface area contributed by atoms with Crippen LogP contribution in [-0.4, -0.2) is 21.9 Å². The third-order valence-corrected chi connectivity index (χ3v) is 2.06. The highest BCUT2D eigenvalue weighted by Gasteiger charge is 2.04. The van der Waals surface area contributed by atoms with E-state index in [1.807, 2.05) is 30.3 Å². The van der Waals surface area contributed by atoms with Gasteiger partial charge in [0.25, 0.3) is 0 Å². The predicted octanol–water partition coefficient (Wildman–Crippen LogP) is 1.22. The molecule has 0 spiro atoms. The Labute approximate surface area is 93.1 Å². The fourth-order valence-corrected chi connectivity index (χ4v) is 1.30. The Kier molecular flexibility index (Phi) is 3.50. The highest BCUT2D eigenvalue weighted by molar-refractivity contribution is 5.42. The van der Waals surface area contributed by atoms with Crippen LogP contribution < -0.4 is 5.32 Å². The van der Waals surface area contributed by atoms with Gasteiger partial charge in [0.1, 0.15) is 0 Å². The van der Waals surface area contributed by atoms with Gasteiger partial charge < -0.3 is 14.9 Å². The van der Waals surface area contributed by atoms with E-state index in [0.717, 1.165) is 5.69 Å². The van der Waals surface area contributed by atoms with E-state index < -0.39 is 0 Å². The van der Waals surface area contributed by atoms with Crippen molar-refractivity contribution in [2.75, 3.05) is 11.9 Å². The quantitative estimate of drug-likeness (QED) is 0.791. The van der Waals surface area contributed by atoms with E-state index in [1.165, 1.54) is 0 Å². The van der Waals surface area contributed by atoms with Gasteiger partial charge in [-0.3, -0.25) is 0 Å². The molecule has 0 aliphatic carbocycles. The zero-order valence-corrected chi connectivity index (χ0v) is 8.76. The minimum absolute atomic E-state index is 0.0328. The molecular weight excluding hydrogens is 206 g/mol. The first-order valence-corrected chi connectivity index (χ1v) is 5.10. The van der Waals surface area contributed by atoms with E-state index >= 15 is 0 Å². The van der Waals surface area contributed by atoms with Crippen molar-refractivity contribution in [3.63, 3.8) is 0 Å². The van der Waals surface area contributed by atoms with Crippen LogP contribution >= 0.6 is 0 Å². The van der Waals surface area contributed by atoms with Gasteiger partial charge in [-0.25, -0.2) is 0 Å². The minimum atomic E-state index is 0.0328. The predicted molar refractivity (Wildman–Crippen MR) is 58.9 cm³/mol. The molecule has 2 rings (SSSR count). The van der Waals surface area contributed by atoms with Crippen molar-refractivity contribution in [2.45, 2.75) is 13.0 Å². The van der Waals surface area contributed by atoms with E-state index in [2.05, 4.69) is 15.5 Å². The van der Waals surface area contributed by atoms with Gasteiger partial charge in [-0.05, 0) is 12.1 Å². The standard InChI is InChI=1S/C11H13N3O2/c15-7-6-10-13-11(16-14-10)8-12-9-4-2-1-3-5-9/h1-5,12,15H,6-8H2. The van der Waals surface area contributed by atoms with Crippen LogP contribution in [0.3, 0.4) is 0 Å². The fourth-order valence-electron chi connectivity index (χ4n) is 1.30. The van der Waals surface area contributed by atoms with Crippen LogP contribution in [0.15, 0.2) is 34.9 Å². The van der Waals surface area contributed by atoms with Crippen LogP contribution in [0.5, 0.6) is 0 Å². The van der Waals surface area contributed by atoms with E-state index in [-0.39, 0.29) is 6.61 Å². The molecular formula is C11H13N3O2. The van der Waals surface area contributed by atoms with Gasteiger partial charge in [0.15, 0.2) is 5.82 Å². The summed E-state index contributed by atoms with van der Waals surface area (Å²) in [4.78, 5) is 4.11. The summed E-state index contributed by atoms with van der Waals surface area (Å²) in [5.74, 6) is 1.06. The maximum Gasteiger partial charge on any atom is 0.245 e. The second kappa shape index (κ2) is 5.27. The zero-order chi connectivity index (χ0) is 11.2. The lowest BCUT2D eigenvalue weighted by atomic mass is 10.3. The summed E-state index contributed by atoms with van der Waals surface area (Å²) < 4.78 is 5.00. The topological polar surface area (TPSA) is 71.2 Å². The summed E-state index contributed by atoms with van der Waals surface area (Å²) in [6.07, 6.45) is 0.425. The molecule has 0 unspecified atom stereocenters. The molecule has 0 saturated heterocycles. The number of hydrogen-bond acceptors (Lipinski definition) is 5. The number of hydrogen-bond donors (Lipinski definition) is 2. The maximum absolute atomic E-state index is 8.70. The smallest absolute Gasteiger partial charge is 0.245 e. The van der Waals surface area contributed by atoms with E-state index in [4.69, 9.17) is 9.63 Å². The SMILES string of the molecule is OCCc1noc(CNc2ccccc2)n1. The van der Waals surface area contributed by atoms with Gasteiger partial charge in [-0.15, -0.1) is 0 Å². The van der Waals surface area contributed by atoms with Gasteiger partial charge >= 0.3 is 0 Å². The summed E-state index contributed by atoms with van der Waals surface area (Å²) in [5.41, 5.74) is 1.00. The number of aliphatic hydroxyl groups is 1. The highest BCUT2D eigenvalue weighted by Crippen LogP contribution is 2.07. The number of aromatic nitrogens is 2. The average molecular weight is 219 g/mol. The number of nitrogens with zero attached hydrogens (tertiary/aromatic N) is 2. The molecule has 5 nitrogen and oxygen atoms in total. The summed E-state index contributed by atoms with van der Waals surface area (Å²) in [6.45, 7) is 0.521. The Morgan fingerprint density at radius 3 is 2.81 bits per heavy atom. The number of aliphatic hydroxyl groups excluding tert-OH is 1. The molecule has 0 radical (unpaired) electrons. The first-order valence-electron chi connectivity index (χ1n) is 5.10. The minimum Gasteiger partial charge on any atom is -0.396 e. The molecule has 1 aromatic carbocycles. The monoisotopic (exact) mass is 219 g/mol. The van der Waals surface area contributed by atoms with Crippen LogP contribution in [0.4, 0.5) is 5.69 Å². The zero-order valence-electron chi connectivity index (χ0n) is 8.76. The lowest BCUT2D eigenvalue weighted by Gasteiger charge is -2.01. The van der Waals surface area contributed by atoms with E-state index in [0.29, 0.717) is 24.7 Å². The molecule has 0 aliphatic heterocycles. The fraction of sp³-hybridized carbons (Fsp3) is 0.273. The Hall–Kier alpha value is -1.88. The molecule has 1 aromatic heterocycles. The first kappa shape index (κ1) is 10.6. The molecule has 5 heteroatoms. The Morgan fingerprint density at radius 2 is 2.06 bits per heavy atom.